The van der Waals surface area contributed by atoms with Crippen molar-refractivity contribution in [3.63, 3.8) is 0 Å². The molecule has 0 bridgehead atoms. The first-order chi connectivity index (χ1) is 8.83. The molecule has 0 atom stereocenters. The van der Waals surface area contributed by atoms with Gasteiger partial charge >= 0.3 is 0 Å². The van der Waals surface area contributed by atoms with E-state index in [1.165, 1.54) is 10.8 Å². The first-order valence-corrected chi connectivity index (χ1v) is 6.73. The van der Waals surface area contributed by atoms with E-state index in [2.05, 4.69) is 42.5 Å². The molecular weight excluding hydrogens is 222 g/mol. The first-order valence-electron chi connectivity index (χ1n) is 6.73. The van der Waals surface area contributed by atoms with Crippen LogP contribution in [0.5, 0.6) is 5.75 Å². The highest BCUT2D eigenvalue weighted by Gasteiger charge is 2.20. The van der Waals surface area contributed by atoms with Crippen molar-refractivity contribution in [1.82, 2.24) is 0 Å². The number of benzene rings is 2. The Kier molecular flexibility index (Phi) is 3.20. The molecule has 2 N–H and O–H groups in total. The molecule has 2 nitrogen and oxygen atoms in total. The SMILES string of the molecule is NC1CCC(Oc2cccc3ccccc23)CC1. The van der Waals surface area contributed by atoms with E-state index in [0.29, 0.717) is 12.1 Å². The van der Waals surface area contributed by atoms with Crippen LogP contribution in [-0.4, -0.2) is 12.1 Å². The minimum absolute atomic E-state index is 0.329. The van der Waals surface area contributed by atoms with E-state index in [-0.39, 0.29) is 0 Å². The van der Waals surface area contributed by atoms with Crippen LogP contribution in [-0.2, 0) is 0 Å². The van der Waals surface area contributed by atoms with E-state index >= 15 is 0 Å². The van der Waals surface area contributed by atoms with Crippen molar-refractivity contribution in [3.05, 3.63) is 42.5 Å². The van der Waals surface area contributed by atoms with Gasteiger partial charge in [-0.3, -0.25) is 0 Å². The maximum atomic E-state index is 6.16. The minimum Gasteiger partial charge on any atom is -0.490 e. The molecule has 2 aromatic rings. The fourth-order valence-electron chi connectivity index (χ4n) is 2.68. The van der Waals surface area contributed by atoms with Crippen molar-refractivity contribution >= 4 is 10.8 Å². The van der Waals surface area contributed by atoms with Gasteiger partial charge in [-0.1, -0.05) is 36.4 Å². The maximum Gasteiger partial charge on any atom is 0.127 e. The molecule has 0 aliphatic heterocycles. The molecule has 1 fully saturated rings. The van der Waals surface area contributed by atoms with E-state index in [1.54, 1.807) is 0 Å². The van der Waals surface area contributed by atoms with Gasteiger partial charge in [0.2, 0.25) is 0 Å². The van der Waals surface area contributed by atoms with Gasteiger partial charge < -0.3 is 10.5 Å². The number of fused-ring (bicyclic) bond motifs is 1. The second kappa shape index (κ2) is 4.99. The molecule has 0 aromatic heterocycles. The summed E-state index contributed by atoms with van der Waals surface area (Å²) in [5.41, 5.74) is 5.93. The standard InChI is InChI=1S/C16H19NO/c17-13-8-10-14(11-9-13)18-16-7-3-5-12-4-1-2-6-15(12)16/h1-7,13-14H,8-11,17H2. The lowest BCUT2D eigenvalue weighted by molar-refractivity contribution is 0.149. The van der Waals surface area contributed by atoms with Gasteiger partial charge in [0.15, 0.2) is 0 Å². The maximum absolute atomic E-state index is 6.16. The zero-order chi connectivity index (χ0) is 12.4. The van der Waals surface area contributed by atoms with E-state index < -0.39 is 0 Å². The Labute approximate surface area is 108 Å². The predicted molar refractivity (Wildman–Crippen MR) is 74.8 cm³/mol. The van der Waals surface area contributed by atoms with Gasteiger partial charge in [0, 0.05) is 11.4 Å². The summed E-state index contributed by atoms with van der Waals surface area (Å²) >= 11 is 0. The third kappa shape index (κ3) is 2.34. The van der Waals surface area contributed by atoms with Crippen molar-refractivity contribution in [2.75, 3.05) is 0 Å². The smallest absolute Gasteiger partial charge is 0.127 e. The van der Waals surface area contributed by atoms with Crippen molar-refractivity contribution < 1.29 is 4.74 Å². The molecule has 2 aromatic carbocycles. The van der Waals surface area contributed by atoms with Crippen LogP contribution in [0.3, 0.4) is 0 Å². The van der Waals surface area contributed by atoms with Gasteiger partial charge in [-0.05, 0) is 37.1 Å². The minimum atomic E-state index is 0.329. The average Bonchev–Trinajstić information content (AvgIpc) is 2.42. The van der Waals surface area contributed by atoms with Crippen molar-refractivity contribution in [1.29, 1.82) is 0 Å². The lowest BCUT2D eigenvalue weighted by Gasteiger charge is -2.27. The summed E-state index contributed by atoms with van der Waals surface area (Å²) in [4.78, 5) is 0. The molecule has 0 radical (unpaired) electrons. The molecule has 1 aliphatic rings. The second-order valence-corrected chi connectivity index (χ2v) is 5.13. The molecule has 3 rings (SSSR count). The van der Waals surface area contributed by atoms with Gasteiger partial charge in [0.05, 0.1) is 6.10 Å². The Morgan fingerprint density at radius 1 is 0.889 bits per heavy atom. The summed E-state index contributed by atoms with van der Waals surface area (Å²) < 4.78 is 6.16. The van der Waals surface area contributed by atoms with Crippen LogP contribution in [0.15, 0.2) is 42.5 Å². The molecule has 1 aliphatic carbocycles. The molecule has 18 heavy (non-hydrogen) atoms. The van der Waals surface area contributed by atoms with E-state index in [0.717, 1.165) is 31.4 Å². The molecular formula is C16H19NO. The Morgan fingerprint density at radius 3 is 2.44 bits per heavy atom. The van der Waals surface area contributed by atoms with Crippen molar-refractivity contribution in [2.45, 2.75) is 37.8 Å². The third-order valence-electron chi connectivity index (χ3n) is 3.76. The Morgan fingerprint density at radius 2 is 1.61 bits per heavy atom. The monoisotopic (exact) mass is 241 g/mol. The quantitative estimate of drug-likeness (QED) is 0.873. The molecule has 0 saturated heterocycles. The summed E-state index contributed by atoms with van der Waals surface area (Å²) in [6.07, 6.45) is 4.63. The fraction of sp³-hybridized carbons (Fsp3) is 0.375. The van der Waals surface area contributed by atoms with Crippen LogP contribution in [0, 0.1) is 0 Å². The van der Waals surface area contributed by atoms with Gasteiger partial charge in [0.1, 0.15) is 5.75 Å². The average molecular weight is 241 g/mol. The van der Waals surface area contributed by atoms with Crippen LogP contribution in [0.4, 0.5) is 0 Å². The number of nitrogens with two attached hydrogens (primary N) is 1. The fourth-order valence-corrected chi connectivity index (χ4v) is 2.68. The van der Waals surface area contributed by atoms with Gasteiger partial charge in [-0.15, -0.1) is 0 Å². The number of ether oxygens (including phenoxy) is 1. The van der Waals surface area contributed by atoms with Crippen molar-refractivity contribution in [2.24, 2.45) is 5.73 Å². The van der Waals surface area contributed by atoms with Crippen molar-refractivity contribution in [3.8, 4) is 5.75 Å². The summed E-state index contributed by atoms with van der Waals surface area (Å²) in [7, 11) is 0. The summed E-state index contributed by atoms with van der Waals surface area (Å²) in [5.74, 6) is 1.01. The molecule has 0 heterocycles. The zero-order valence-corrected chi connectivity index (χ0v) is 10.5. The van der Waals surface area contributed by atoms with Gasteiger partial charge in [0.25, 0.3) is 0 Å². The van der Waals surface area contributed by atoms with E-state index in [9.17, 15) is 0 Å². The highest BCUT2D eigenvalue weighted by molar-refractivity contribution is 5.88. The lowest BCUT2D eigenvalue weighted by Crippen LogP contribution is -2.31. The molecule has 1 saturated carbocycles. The summed E-state index contributed by atoms with van der Waals surface area (Å²) in [6, 6.07) is 15.0. The molecule has 94 valence electrons. The highest BCUT2D eigenvalue weighted by Crippen LogP contribution is 2.29. The van der Waals surface area contributed by atoms with Gasteiger partial charge in [-0.2, -0.15) is 0 Å². The van der Waals surface area contributed by atoms with Gasteiger partial charge in [-0.25, -0.2) is 0 Å². The first kappa shape index (κ1) is 11.5. The van der Waals surface area contributed by atoms with Crippen LogP contribution in [0.2, 0.25) is 0 Å². The zero-order valence-electron chi connectivity index (χ0n) is 10.5. The summed E-state index contributed by atoms with van der Waals surface area (Å²) in [6.45, 7) is 0. The van der Waals surface area contributed by atoms with Crippen LogP contribution in [0.25, 0.3) is 10.8 Å². The molecule has 0 amide bonds. The summed E-state index contributed by atoms with van der Waals surface area (Å²) in [5, 5.41) is 2.44. The highest BCUT2D eigenvalue weighted by atomic mass is 16.5. The topological polar surface area (TPSA) is 35.2 Å². The lowest BCUT2D eigenvalue weighted by atomic mass is 9.93. The second-order valence-electron chi connectivity index (χ2n) is 5.13. The molecule has 0 spiro atoms. The number of hydrogen-bond acceptors (Lipinski definition) is 2. The van der Waals surface area contributed by atoms with E-state index in [4.69, 9.17) is 10.5 Å². The number of rotatable bonds is 2. The van der Waals surface area contributed by atoms with Crippen LogP contribution in [0.1, 0.15) is 25.7 Å². The van der Waals surface area contributed by atoms with E-state index in [1.807, 2.05) is 0 Å². The third-order valence-corrected chi connectivity index (χ3v) is 3.76. The largest absolute Gasteiger partial charge is 0.490 e. The molecule has 2 heteroatoms. The van der Waals surface area contributed by atoms with Crippen LogP contribution < -0.4 is 10.5 Å². The Balaban J connectivity index is 1.82. The Bertz CT molecular complexity index is 524. The Hall–Kier alpha value is -1.54. The predicted octanol–water partition coefficient (Wildman–Crippen LogP) is 3.49. The van der Waals surface area contributed by atoms with Crippen LogP contribution >= 0.6 is 0 Å². The normalized spacial score (nSPS) is 24.1. The molecule has 0 unspecified atom stereocenters. The number of hydrogen-bond donors (Lipinski definition) is 1.